The molecule has 0 aromatic carbocycles. The predicted molar refractivity (Wildman–Crippen MR) is 90.2 cm³/mol. The molecular formula is C20H32O4. The number of fused-ring (bicyclic) bond motifs is 5. The molecule has 136 valence electrons. The summed E-state index contributed by atoms with van der Waals surface area (Å²) < 4.78 is 0. The van der Waals surface area contributed by atoms with Crippen molar-refractivity contribution in [2.24, 2.45) is 40.4 Å². The molecule has 0 aromatic rings. The lowest BCUT2D eigenvalue weighted by atomic mass is 9.44. The minimum absolute atomic E-state index is 0.152. The zero-order chi connectivity index (χ0) is 17.3. The Morgan fingerprint density at radius 1 is 0.958 bits per heavy atom. The van der Waals surface area contributed by atoms with Crippen molar-refractivity contribution >= 4 is 5.97 Å². The molecule has 9 atom stereocenters. The molecule has 0 unspecified atom stereocenters. The second-order valence-electron chi connectivity index (χ2n) is 9.67. The number of hydrogen-bond acceptors (Lipinski definition) is 3. The van der Waals surface area contributed by atoms with Crippen molar-refractivity contribution in [2.45, 2.75) is 77.4 Å². The van der Waals surface area contributed by atoms with Gasteiger partial charge < -0.3 is 15.3 Å². The summed E-state index contributed by atoms with van der Waals surface area (Å²) in [6.07, 6.45) is 6.93. The quantitative estimate of drug-likeness (QED) is 0.688. The van der Waals surface area contributed by atoms with Crippen LogP contribution in [0.4, 0.5) is 0 Å². The van der Waals surface area contributed by atoms with Gasteiger partial charge in [0, 0.05) is 5.41 Å². The molecule has 0 aromatic heterocycles. The second kappa shape index (κ2) is 5.44. The smallest absolute Gasteiger partial charge is 0.307 e. The molecule has 0 bridgehead atoms. The summed E-state index contributed by atoms with van der Waals surface area (Å²) in [5.41, 5.74) is -0.240. The van der Waals surface area contributed by atoms with Crippen molar-refractivity contribution < 1.29 is 20.1 Å². The molecule has 4 heteroatoms. The molecule has 4 rings (SSSR count). The summed E-state index contributed by atoms with van der Waals surface area (Å²) >= 11 is 0. The summed E-state index contributed by atoms with van der Waals surface area (Å²) in [6.45, 7) is 4.43. The highest BCUT2D eigenvalue weighted by Gasteiger charge is 2.64. The maximum atomic E-state index is 11.8. The number of hydrogen-bond donors (Lipinski definition) is 3. The van der Waals surface area contributed by atoms with Crippen LogP contribution in [0.3, 0.4) is 0 Å². The number of aliphatic carboxylic acids is 1. The van der Waals surface area contributed by atoms with E-state index in [0.717, 1.165) is 51.4 Å². The zero-order valence-electron chi connectivity index (χ0n) is 14.9. The zero-order valence-corrected chi connectivity index (χ0v) is 14.9. The van der Waals surface area contributed by atoms with Crippen LogP contribution in [0.25, 0.3) is 0 Å². The van der Waals surface area contributed by atoms with Gasteiger partial charge in [-0.15, -0.1) is 0 Å². The Bertz CT molecular complexity index is 534. The first-order valence-corrected chi connectivity index (χ1v) is 9.87. The Hall–Kier alpha value is -0.610. The summed E-state index contributed by atoms with van der Waals surface area (Å²) in [5.74, 6) is 0.840. The van der Waals surface area contributed by atoms with Crippen molar-refractivity contribution in [3.05, 3.63) is 0 Å². The van der Waals surface area contributed by atoms with Gasteiger partial charge >= 0.3 is 5.97 Å². The minimum atomic E-state index is -0.724. The Kier molecular flexibility index (Phi) is 3.82. The normalized spacial score (nSPS) is 56.9. The highest BCUT2D eigenvalue weighted by molar-refractivity contribution is 5.71. The third-order valence-electron chi connectivity index (χ3n) is 9.04. The van der Waals surface area contributed by atoms with E-state index < -0.39 is 23.4 Å². The first-order chi connectivity index (χ1) is 11.3. The highest BCUT2D eigenvalue weighted by Crippen LogP contribution is 2.67. The largest absolute Gasteiger partial charge is 0.481 e. The molecule has 4 aliphatic carbocycles. The first-order valence-electron chi connectivity index (χ1n) is 9.87. The van der Waals surface area contributed by atoms with Gasteiger partial charge in [0.1, 0.15) is 0 Å². The molecule has 0 spiro atoms. The van der Waals surface area contributed by atoms with Crippen molar-refractivity contribution in [2.75, 3.05) is 0 Å². The molecule has 0 saturated heterocycles. The van der Waals surface area contributed by atoms with Crippen LogP contribution >= 0.6 is 0 Å². The van der Waals surface area contributed by atoms with E-state index in [2.05, 4.69) is 6.92 Å². The molecule has 24 heavy (non-hydrogen) atoms. The molecule has 0 aliphatic heterocycles. The average Bonchev–Trinajstić information content (AvgIpc) is 2.88. The molecule has 4 aliphatic rings. The van der Waals surface area contributed by atoms with Crippen molar-refractivity contribution in [1.29, 1.82) is 0 Å². The average molecular weight is 336 g/mol. The van der Waals surface area contributed by atoms with Gasteiger partial charge in [0.15, 0.2) is 0 Å². The summed E-state index contributed by atoms with van der Waals surface area (Å²) in [7, 11) is 0. The SMILES string of the molecule is C[C@]12CC[C@@H](O)C[C@@H]1CC[C@H]1[C@H]3CC[C@H](C(=O)O)[C@@]3(C)[C@@H](O)C[C@@H]12. The first kappa shape index (κ1) is 16.8. The minimum Gasteiger partial charge on any atom is -0.481 e. The highest BCUT2D eigenvalue weighted by atomic mass is 16.4. The van der Waals surface area contributed by atoms with E-state index in [0.29, 0.717) is 23.7 Å². The molecule has 0 radical (unpaired) electrons. The van der Waals surface area contributed by atoms with E-state index in [1.54, 1.807) is 0 Å². The third kappa shape index (κ3) is 2.08. The van der Waals surface area contributed by atoms with Crippen LogP contribution in [0.5, 0.6) is 0 Å². The van der Waals surface area contributed by atoms with Crippen LogP contribution in [-0.2, 0) is 4.79 Å². The molecule has 0 heterocycles. The van der Waals surface area contributed by atoms with E-state index in [-0.39, 0.29) is 11.5 Å². The van der Waals surface area contributed by atoms with Gasteiger partial charge in [-0.05, 0) is 80.5 Å². The Labute approximate surface area is 144 Å². The van der Waals surface area contributed by atoms with Gasteiger partial charge in [-0.25, -0.2) is 0 Å². The van der Waals surface area contributed by atoms with E-state index in [1.165, 1.54) is 0 Å². The molecule has 4 nitrogen and oxygen atoms in total. The Balaban J connectivity index is 1.66. The lowest BCUT2D eigenvalue weighted by molar-refractivity contribution is -0.180. The predicted octanol–water partition coefficient (Wildman–Crippen LogP) is 3.06. The fourth-order valence-electron chi connectivity index (χ4n) is 7.61. The van der Waals surface area contributed by atoms with E-state index in [9.17, 15) is 20.1 Å². The van der Waals surface area contributed by atoms with Gasteiger partial charge in [-0.2, -0.15) is 0 Å². The van der Waals surface area contributed by atoms with Crippen LogP contribution in [-0.4, -0.2) is 33.5 Å². The summed E-state index contributed by atoms with van der Waals surface area (Å²) in [5, 5.41) is 30.8. The number of carboxylic acid groups (broad SMARTS) is 1. The van der Waals surface area contributed by atoms with E-state index in [4.69, 9.17) is 0 Å². The fraction of sp³-hybridized carbons (Fsp3) is 0.950. The fourth-order valence-corrected chi connectivity index (χ4v) is 7.61. The van der Waals surface area contributed by atoms with Gasteiger partial charge in [0.25, 0.3) is 0 Å². The molecule has 4 saturated carbocycles. The van der Waals surface area contributed by atoms with Crippen molar-refractivity contribution in [3.8, 4) is 0 Å². The monoisotopic (exact) mass is 336 g/mol. The van der Waals surface area contributed by atoms with Crippen LogP contribution < -0.4 is 0 Å². The van der Waals surface area contributed by atoms with Crippen LogP contribution in [0.15, 0.2) is 0 Å². The lowest BCUT2D eigenvalue weighted by Gasteiger charge is -2.61. The number of carboxylic acids is 1. The Morgan fingerprint density at radius 3 is 2.42 bits per heavy atom. The lowest BCUT2D eigenvalue weighted by Crippen LogP contribution is -2.59. The van der Waals surface area contributed by atoms with Gasteiger partial charge in [0.05, 0.1) is 18.1 Å². The molecule has 3 N–H and O–H groups in total. The summed E-state index contributed by atoms with van der Waals surface area (Å²) in [6, 6.07) is 0. The number of carbonyl (C=O) groups is 1. The van der Waals surface area contributed by atoms with Crippen molar-refractivity contribution in [1.82, 2.24) is 0 Å². The number of aliphatic hydroxyl groups excluding tert-OH is 2. The standard InChI is InChI=1S/C20H32O4/c1-19-8-7-12(21)9-11(19)3-4-13-14-5-6-15(18(23)24)20(14,2)17(22)10-16(13)19/h11-17,21-22H,3-10H2,1-2H3,(H,23,24)/t11-,12+,13-,14+,15+,16-,17-,19-,20-/m0/s1. The van der Waals surface area contributed by atoms with Crippen molar-refractivity contribution in [3.63, 3.8) is 0 Å². The van der Waals surface area contributed by atoms with Crippen LogP contribution in [0.1, 0.15) is 65.2 Å². The molecular weight excluding hydrogens is 304 g/mol. The third-order valence-corrected chi connectivity index (χ3v) is 9.04. The van der Waals surface area contributed by atoms with Gasteiger partial charge in [-0.3, -0.25) is 4.79 Å². The maximum Gasteiger partial charge on any atom is 0.307 e. The summed E-state index contributed by atoms with van der Waals surface area (Å²) in [4.78, 5) is 11.8. The maximum absolute atomic E-state index is 11.8. The second-order valence-corrected chi connectivity index (χ2v) is 9.67. The van der Waals surface area contributed by atoms with E-state index >= 15 is 0 Å². The van der Waals surface area contributed by atoms with Crippen LogP contribution in [0.2, 0.25) is 0 Å². The van der Waals surface area contributed by atoms with E-state index in [1.807, 2.05) is 6.92 Å². The molecule has 4 fully saturated rings. The topological polar surface area (TPSA) is 77.8 Å². The Morgan fingerprint density at radius 2 is 1.71 bits per heavy atom. The van der Waals surface area contributed by atoms with Gasteiger partial charge in [-0.1, -0.05) is 13.8 Å². The number of rotatable bonds is 1. The molecule has 0 amide bonds. The van der Waals surface area contributed by atoms with Crippen LogP contribution in [0, 0.1) is 40.4 Å². The van der Waals surface area contributed by atoms with Gasteiger partial charge in [0.2, 0.25) is 0 Å². The number of aliphatic hydroxyl groups is 2.